The minimum absolute atomic E-state index is 0.0277. The molecule has 22 heavy (non-hydrogen) atoms. The van der Waals surface area contributed by atoms with Crippen LogP contribution in [0.4, 0.5) is 11.5 Å². The van der Waals surface area contributed by atoms with Gasteiger partial charge in [0.05, 0.1) is 28.7 Å². The number of aliphatic hydroxyl groups excluding tert-OH is 1. The van der Waals surface area contributed by atoms with Crippen molar-refractivity contribution in [1.29, 1.82) is 5.26 Å². The number of hydrogen-bond donors (Lipinski definition) is 1. The highest BCUT2D eigenvalue weighted by Crippen LogP contribution is 2.27. The molecule has 0 saturated carbocycles. The Kier molecular flexibility index (Phi) is 4.53. The molecule has 1 heterocycles. The minimum Gasteiger partial charge on any atom is -0.395 e. The molecule has 0 bridgehead atoms. The van der Waals surface area contributed by atoms with E-state index >= 15 is 0 Å². The predicted octanol–water partition coefficient (Wildman–Crippen LogP) is 2.22. The molecular formula is C15H16N4O3. The van der Waals surface area contributed by atoms with Gasteiger partial charge in [0.15, 0.2) is 0 Å². The molecular weight excluding hydrogens is 284 g/mol. The summed E-state index contributed by atoms with van der Waals surface area (Å²) in [5.74, 6) is 0.571. The van der Waals surface area contributed by atoms with Crippen molar-refractivity contribution in [3.8, 4) is 6.07 Å². The SMILES string of the molecule is CC(C)N(CCO)c1cc(C#N)c2cc([N+](=O)[O-])ccc2n1. The van der Waals surface area contributed by atoms with Crippen LogP contribution in [-0.2, 0) is 0 Å². The third kappa shape index (κ3) is 2.97. The van der Waals surface area contributed by atoms with Crippen LogP contribution in [0.2, 0.25) is 0 Å². The maximum Gasteiger partial charge on any atom is 0.270 e. The van der Waals surface area contributed by atoms with E-state index in [-0.39, 0.29) is 18.3 Å². The number of fused-ring (bicyclic) bond motifs is 1. The summed E-state index contributed by atoms with van der Waals surface area (Å²) in [5.41, 5.74) is 0.769. The monoisotopic (exact) mass is 300 g/mol. The van der Waals surface area contributed by atoms with Crippen LogP contribution in [0.3, 0.4) is 0 Å². The number of pyridine rings is 1. The van der Waals surface area contributed by atoms with E-state index in [0.717, 1.165) is 0 Å². The van der Waals surface area contributed by atoms with Gasteiger partial charge in [0, 0.05) is 30.1 Å². The van der Waals surface area contributed by atoms with E-state index in [4.69, 9.17) is 0 Å². The Morgan fingerprint density at radius 1 is 1.45 bits per heavy atom. The fourth-order valence-electron chi connectivity index (χ4n) is 2.30. The molecule has 0 radical (unpaired) electrons. The Morgan fingerprint density at radius 3 is 2.73 bits per heavy atom. The lowest BCUT2D eigenvalue weighted by Gasteiger charge is -2.27. The average molecular weight is 300 g/mol. The highest BCUT2D eigenvalue weighted by Gasteiger charge is 2.16. The molecule has 0 atom stereocenters. The first-order chi connectivity index (χ1) is 10.5. The summed E-state index contributed by atoms with van der Waals surface area (Å²) in [4.78, 5) is 16.7. The Morgan fingerprint density at radius 2 is 2.18 bits per heavy atom. The lowest BCUT2D eigenvalue weighted by atomic mass is 10.1. The van der Waals surface area contributed by atoms with Gasteiger partial charge in [-0.2, -0.15) is 5.26 Å². The van der Waals surface area contributed by atoms with Crippen LogP contribution in [0.1, 0.15) is 19.4 Å². The number of nitriles is 1. The van der Waals surface area contributed by atoms with E-state index in [1.54, 1.807) is 6.07 Å². The van der Waals surface area contributed by atoms with Crippen molar-refractivity contribution in [1.82, 2.24) is 4.98 Å². The Labute approximate surface area is 127 Å². The van der Waals surface area contributed by atoms with Gasteiger partial charge in [0.1, 0.15) is 5.82 Å². The van der Waals surface area contributed by atoms with Crippen molar-refractivity contribution >= 4 is 22.4 Å². The molecule has 1 aromatic carbocycles. The van der Waals surface area contributed by atoms with E-state index in [9.17, 15) is 20.5 Å². The third-order valence-corrected chi connectivity index (χ3v) is 3.37. The zero-order valence-electron chi connectivity index (χ0n) is 12.4. The predicted molar refractivity (Wildman–Crippen MR) is 82.7 cm³/mol. The zero-order chi connectivity index (χ0) is 16.3. The number of nitrogens with zero attached hydrogens (tertiary/aromatic N) is 4. The van der Waals surface area contributed by atoms with E-state index in [2.05, 4.69) is 11.1 Å². The molecule has 1 N–H and O–H groups in total. The number of rotatable bonds is 5. The first-order valence-corrected chi connectivity index (χ1v) is 6.84. The van der Waals surface area contributed by atoms with Gasteiger partial charge in [-0.3, -0.25) is 10.1 Å². The van der Waals surface area contributed by atoms with Gasteiger partial charge in [0.2, 0.25) is 0 Å². The molecule has 0 spiro atoms. The number of anilines is 1. The van der Waals surface area contributed by atoms with Crippen LogP contribution in [0.5, 0.6) is 0 Å². The summed E-state index contributed by atoms with van der Waals surface area (Å²) in [6.07, 6.45) is 0. The maximum atomic E-state index is 10.9. The van der Waals surface area contributed by atoms with Crippen LogP contribution in [0.25, 0.3) is 10.9 Å². The number of benzene rings is 1. The zero-order valence-corrected chi connectivity index (χ0v) is 12.4. The van der Waals surface area contributed by atoms with Gasteiger partial charge in [0.25, 0.3) is 5.69 Å². The molecule has 2 rings (SSSR count). The topological polar surface area (TPSA) is 103 Å². The Balaban J connectivity index is 2.63. The van der Waals surface area contributed by atoms with E-state index < -0.39 is 4.92 Å². The van der Waals surface area contributed by atoms with Crippen LogP contribution in [0, 0.1) is 21.4 Å². The number of nitro groups is 1. The molecule has 7 heteroatoms. The highest BCUT2D eigenvalue weighted by molar-refractivity contribution is 5.88. The van der Waals surface area contributed by atoms with Crippen molar-refractivity contribution < 1.29 is 10.0 Å². The Bertz CT molecular complexity index is 752. The number of hydrogen-bond acceptors (Lipinski definition) is 6. The lowest BCUT2D eigenvalue weighted by molar-refractivity contribution is -0.384. The number of aliphatic hydroxyl groups is 1. The largest absolute Gasteiger partial charge is 0.395 e. The highest BCUT2D eigenvalue weighted by atomic mass is 16.6. The molecule has 2 aromatic rings. The Hall–Kier alpha value is -2.72. The first kappa shape index (κ1) is 15.7. The number of non-ortho nitro benzene ring substituents is 1. The normalized spacial score (nSPS) is 10.7. The second-order valence-corrected chi connectivity index (χ2v) is 5.11. The van der Waals surface area contributed by atoms with Crippen molar-refractivity contribution in [3.63, 3.8) is 0 Å². The van der Waals surface area contributed by atoms with Crippen LogP contribution in [-0.4, -0.2) is 34.2 Å². The molecule has 0 unspecified atom stereocenters. The third-order valence-electron chi connectivity index (χ3n) is 3.37. The van der Waals surface area contributed by atoms with Gasteiger partial charge < -0.3 is 10.0 Å². The molecule has 7 nitrogen and oxygen atoms in total. The molecule has 0 amide bonds. The second kappa shape index (κ2) is 6.37. The molecule has 0 aliphatic rings. The van der Waals surface area contributed by atoms with Gasteiger partial charge in [-0.05, 0) is 26.0 Å². The summed E-state index contributed by atoms with van der Waals surface area (Å²) < 4.78 is 0. The van der Waals surface area contributed by atoms with E-state index in [1.165, 1.54) is 18.2 Å². The fourth-order valence-corrected chi connectivity index (χ4v) is 2.30. The lowest BCUT2D eigenvalue weighted by Crippen LogP contribution is -2.34. The quantitative estimate of drug-likeness (QED) is 0.670. The number of aromatic nitrogens is 1. The smallest absolute Gasteiger partial charge is 0.270 e. The average Bonchev–Trinajstić information content (AvgIpc) is 2.50. The summed E-state index contributed by atoms with van der Waals surface area (Å²) >= 11 is 0. The van der Waals surface area contributed by atoms with E-state index in [0.29, 0.717) is 28.8 Å². The van der Waals surface area contributed by atoms with Crippen molar-refractivity contribution in [2.75, 3.05) is 18.1 Å². The van der Waals surface area contributed by atoms with Crippen LogP contribution >= 0.6 is 0 Å². The summed E-state index contributed by atoms with van der Waals surface area (Å²) in [7, 11) is 0. The van der Waals surface area contributed by atoms with Crippen molar-refractivity contribution in [2.24, 2.45) is 0 Å². The summed E-state index contributed by atoms with van der Waals surface area (Å²) in [5, 5.41) is 29.8. The van der Waals surface area contributed by atoms with E-state index in [1.807, 2.05) is 18.7 Å². The first-order valence-electron chi connectivity index (χ1n) is 6.84. The van der Waals surface area contributed by atoms with Crippen LogP contribution in [0.15, 0.2) is 24.3 Å². The van der Waals surface area contributed by atoms with Gasteiger partial charge in [-0.1, -0.05) is 0 Å². The van der Waals surface area contributed by atoms with Gasteiger partial charge in [-0.25, -0.2) is 4.98 Å². The van der Waals surface area contributed by atoms with Crippen molar-refractivity contribution in [3.05, 3.63) is 39.9 Å². The van der Waals surface area contributed by atoms with Crippen LogP contribution < -0.4 is 4.90 Å². The maximum absolute atomic E-state index is 10.9. The molecule has 0 aliphatic heterocycles. The molecule has 0 saturated heterocycles. The summed E-state index contributed by atoms with van der Waals surface area (Å²) in [6.45, 7) is 4.29. The standard InChI is InChI=1S/C15H16N4O3/c1-10(2)18(5-6-20)15-7-11(9-16)13-8-12(19(21)22)3-4-14(13)17-15/h3-4,7-8,10,20H,5-6H2,1-2H3. The van der Waals surface area contributed by atoms with Gasteiger partial charge >= 0.3 is 0 Å². The molecule has 1 aromatic heterocycles. The number of nitro benzene ring substituents is 1. The second-order valence-electron chi connectivity index (χ2n) is 5.11. The molecule has 0 fully saturated rings. The summed E-state index contributed by atoms with van der Waals surface area (Å²) in [6, 6.07) is 8.02. The van der Waals surface area contributed by atoms with Gasteiger partial charge in [-0.15, -0.1) is 0 Å². The fraction of sp³-hybridized carbons (Fsp3) is 0.333. The van der Waals surface area contributed by atoms with Crippen molar-refractivity contribution in [2.45, 2.75) is 19.9 Å². The molecule has 114 valence electrons. The minimum atomic E-state index is -0.499. The molecule has 0 aliphatic carbocycles.